The summed E-state index contributed by atoms with van der Waals surface area (Å²) in [7, 11) is 1.67. The summed E-state index contributed by atoms with van der Waals surface area (Å²) < 4.78 is 0. The zero-order chi connectivity index (χ0) is 26.8. The average molecular weight is 504 g/mol. The van der Waals surface area contributed by atoms with Crippen LogP contribution in [0.1, 0.15) is 50.1 Å². The molecule has 8 heteroatoms. The molecule has 1 saturated heterocycles. The first-order valence-electron chi connectivity index (χ1n) is 13.0. The Bertz CT molecular complexity index is 1210. The fourth-order valence-corrected chi connectivity index (χ4v) is 5.63. The highest BCUT2D eigenvalue weighted by Crippen LogP contribution is 2.40. The van der Waals surface area contributed by atoms with Gasteiger partial charge in [0, 0.05) is 37.9 Å². The number of hydrogen-bond donors (Lipinski definition) is 1. The van der Waals surface area contributed by atoms with Gasteiger partial charge in [0.25, 0.3) is 5.91 Å². The van der Waals surface area contributed by atoms with Crippen molar-refractivity contribution in [2.75, 3.05) is 20.1 Å². The maximum atomic E-state index is 14.1. The molecule has 2 aliphatic rings. The van der Waals surface area contributed by atoms with Crippen LogP contribution >= 0.6 is 0 Å². The summed E-state index contributed by atoms with van der Waals surface area (Å²) in [4.78, 5) is 46.3. The number of piperidine rings is 1. The first-order valence-corrected chi connectivity index (χ1v) is 13.0. The van der Waals surface area contributed by atoms with Crippen LogP contribution in [0.2, 0.25) is 0 Å². The molecule has 0 unspecified atom stereocenters. The number of nitrogens with two attached hydrogens (primary N) is 1. The molecule has 2 aliphatic heterocycles. The molecule has 1 aromatic carbocycles. The Morgan fingerprint density at radius 1 is 1.14 bits per heavy atom. The third-order valence-electron chi connectivity index (χ3n) is 7.94. The molecule has 2 N–H and O–H groups in total. The topological polar surface area (TPSA) is 109 Å². The van der Waals surface area contributed by atoms with Crippen LogP contribution in [0.4, 0.5) is 0 Å². The summed E-state index contributed by atoms with van der Waals surface area (Å²) in [5.41, 5.74) is 7.62. The van der Waals surface area contributed by atoms with Crippen LogP contribution in [0, 0.1) is 23.7 Å². The zero-order valence-corrected chi connectivity index (χ0v) is 22.2. The highest BCUT2D eigenvalue weighted by molar-refractivity contribution is 6.13. The number of fused-ring (bicyclic) bond motifs is 1. The smallest absolute Gasteiger partial charge is 0.256 e. The van der Waals surface area contributed by atoms with E-state index in [0.717, 1.165) is 22.7 Å². The minimum absolute atomic E-state index is 0.0971. The van der Waals surface area contributed by atoms with Crippen LogP contribution in [0.3, 0.4) is 0 Å². The van der Waals surface area contributed by atoms with Crippen molar-refractivity contribution in [3.63, 3.8) is 0 Å². The highest BCUT2D eigenvalue weighted by Gasteiger charge is 2.54. The molecule has 3 heterocycles. The number of benzene rings is 1. The molecule has 2 atom stereocenters. The molecule has 0 radical (unpaired) electrons. The van der Waals surface area contributed by atoms with Gasteiger partial charge in [-0.2, -0.15) is 5.10 Å². The third kappa shape index (κ3) is 5.29. The number of primary amides is 1. The van der Waals surface area contributed by atoms with Crippen molar-refractivity contribution in [3.05, 3.63) is 65.5 Å². The second kappa shape index (κ2) is 10.4. The van der Waals surface area contributed by atoms with Crippen molar-refractivity contribution in [3.8, 4) is 0 Å². The Morgan fingerprint density at radius 2 is 1.86 bits per heavy atom. The second-order valence-corrected chi connectivity index (χ2v) is 10.9. The van der Waals surface area contributed by atoms with Gasteiger partial charge in [-0.1, -0.05) is 50.2 Å². The zero-order valence-electron chi connectivity index (χ0n) is 22.2. The number of hydrogen-bond acceptors (Lipinski definition) is 5. The van der Waals surface area contributed by atoms with Gasteiger partial charge in [0.2, 0.25) is 11.8 Å². The predicted octanol–water partition coefficient (Wildman–Crippen LogP) is 3.13. The van der Waals surface area contributed by atoms with Gasteiger partial charge in [-0.05, 0) is 50.3 Å². The average Bonchev–Trinajstić information content (AvgIpc) is 3.11. The summed E-state index contributed by atoms with van der Waals surface area (Å²) in [6, 6.07) is 15.7. The molecule has 37 heavy (non-hydrogen) atoms. The van der Waals surface area contributed by atoms with Crippen LogP contribution in [-0.4, -0.2) is 58.5 Å². The summed E-state index contributed by atoms with van der Waals surface area (Å²) >= 11 is 0. The van der Waals surface area contributed by atoms with Crippen LogP contribution in [0.25, 0.3) is 0 Å². The van der Waals surface area contributed by atoms with E-state index in [1.807, 2.05) is 55.5 Å². The van der Waals surface area contributed by atoms with E-state index in [0.29, 0.717) is 38.6 Å². The molecule has 196 valence electrons. The van der Waals surface area contributed by atoms with Crippen molar-refractivity contribution in [2.24, 2.45) is 27.6 Å². The molecule has 4 rings (SSSR count). The van der Waals surface area contributed by atoms with E-state index < -0.39 is 22.7 Å². The number of rotatable bonds is 9. The van der Waals surface area contributed by atoms with Gasteiger partial charge in [0.05, 0.1) is 17.0 Å². The van der Waals surface area contributed by atoms with Crippen LogP contribution in [0.15, 0.2) is 53.6 Å². The van der Waals surface area contributed by atoms with Gasteiger partial charge in [-0.25, -0.2) is 5.01 Å². The van der Waals surface area contributed by atoms with Crippen molar-refractivity contribution < 1.29 is 14.4 Å². The minimum atomic E-state index is -1.03. The second-order valence-electron chi connectivity index (χ2n) is 10.9. The monoisotopic (exact) mass is 503 g/mol. The Balaban J connectivity index is 1.57. The van der Waals surface area contributed by atoms with Crippen LogP contribution in [0.5, 0.6) is 0 Å². The molecular weight excluding hydrogens is 466 g/mol. The van der Waals surface area contributed by atoms with Crippen molar-refractivity contribution in [1.82, 2.24) is 14.9 Å². The Hall–Kier alpha value is -3.55. The summed E-state index contributed by atoms with van der Waals surface area (Å²) in [6.45, 7) is 6.14. The summed E-state index contributed by atoms with van der Waals surface area (Å²) in [5, 5.41) is 5.96. The number of hydrazone groups is 1. The van der Waals surface area contributed by atoms with E-state index in [4.69, 9.17) is 5.73 Å². The van der Waals surface area contributed by atoms with Gasteiger partial charge in [-0.15, -0.1) is 0 Å². The first kappa shape index (κ1) is 26.5. The van der Waals surface area contributed by atoms with Crippen molar-refractivity contribution >= 4 is 23.4 Å². The third-order valence-corrected chi connectivity index (χ3v) is 7.94. The Labute approximate surface area is 218 Å². The van der Waals surface area contributed by atoms with Crippen molar-refractivity contribution in [1.29, 1.82) is 0 Å². The first-order chi connectivity index (χ1) is 17.5. The fourth-order valence-electron chi connectivity index (χ4n) is 5.63. The number of likely N-dealkylation sites (tertiary alicyclic amines) is 1. The maximum absolute atomic E-state index is 14.1. The molecular formula is C29H37N5O3. The van der Waals surface area contributed by atoms with Gasteiger partial charge in [-0.3, -0.25) is 19.4 Å². The lowest BCUT2D eigenvalue weighted by atomic mass is 9.71. The summed E-state index contributed by atoms with van der Waals surface area (Å²) in [5.74, 6) is -1.33. The number of carbonyl (C=O) groups is 3. The van der Waals surface area contributed by atoms with Gasteiger partial charge >= 0.3 is 0 Å². The van der Waals surface area contributed by atoms with E-state index in [2.05, 4.69) is 10.1 Å². The number of aryl methyl sites for hydroxylation is 2. The SMILES string of the molecule is Cc1cccc(CCC[C@@H](C(=O)N2CCC3=NN(C)C(=O)[C@]3(Cc3ccccc3)C2)C(C)(C)C(N)=O)n1. The number of aromatic nitrogens is 1. The Morgan fingerprint density at radius 3 is 2.54 bits per heavy atom. The molecule has 3 amide bonds. The number of amides is 3. The Kier molecular flexibility index (Phi) is 7.48. The number of pyridine rings is 1. The molecule has 1 fully saturated rings. The van der Waals surface area contributed by atoms with Crippen molar-refractivity contribution in [2.45, 2.75) is 52.9 Å². The van der Waals surface area contributed by atoms with Crippen LogP contribution in [-0.2, 0) is 27.2 Å². The molecule has 8 nitrogen and oxygen atoms in total. The lowest BCUT2D eigenvalue weighted by Crippen LogP contribution is -2.58. The van der Waals surface area contributed by atoms with Gasteiger partial charge in [0.15, 0.2) is 0 Å². The number of nitrogens with zero attached hydrogens (tertiary/aromatic N) is 4. The van der Waals surface area contributed by atoms with E-state index >= 15 is 0 Å². The van der Waals surface area contributed by atoms with Gasteiger partial charge in [0.1, 0.15) is 5.41 Å². The normalized spacial score (nSPS) is 20.4. The predicted molar refractivity (Wildman–Crippen MR) is 142 cm³/mol. The lowest BCUT2D eigenvalue weighted by molar-refractivity contribution is -0.148. The largest absolute Gasteiger partial charge is 0.369 e. The number of carbonyl (C=O) groups excluding carboxylic acids is 3. The molecule has 0 bridgehead atoms. The molecule has 1 aromatic heterocycles. The minimum Gasteiger partial charge on any atom is -0.369 e. The molecule has 0 spiro atoms. The quantitative estimate of drug-likeness (QED) is 0.567. The lowest BCUT2D eigenvalue weighted by Gasteiger charge is -2.42. The van der Waals surface area contributed by atoms with Gasteiger partial charge < -0.3 is 10.6 Å². The van der Waals surface area contributed by atoms with E-state index in [1.54, 1.807) is 25.8 Å². The molecule has 0 aliphatic carbocycles. The van der Waals surface area contributed by atoms with E-state index in [-0.39, 0.29) is 18.4 Å². The van der Waals surface area contributed by atoms with E-state index in [1.165, 1.54) is 5.01 Å². The fraction of sp³-hybridized carbons (Fsp3) is 0.483. The highest BCUT2D eigenvalue weighted by atomic mass is 16.2. The molecule has 0 saturated carbocycles. The van der Waals surface area contributed by atoms with Crippen LogP contribution < -0.4 is 5.73 Å². The standard InChI is InChI=1S/C29H37N5O3/c1-20-10-8-13-22(31-20)14-9-15-23(28(2,3)26(30)36)25(35)34-17-16-24-29(19-34,27(37)33(4)32-24)18-21-11-6-5-7-12-21/h5-8,10-13,23H,9,14-19H2,1-4H3,(H2,30,36)/t23-,29+/m0/s1. The maximum Gasteiger partial charge on any atom is 0.256 e. The molecule has 2 aromatic rings. The van der Waals surface area contributed by atoms with E-state index in [9.17, 15) is 14.4 Å². The summed E-state index contributed by atoms with van der Waals surface area (Å²) in [6.07, 6.45) is 2.90.